The SMILES string of the molecule is Cc1ccccc1C(C)Nc1cc(C#N)cc(Cl)n1. The number of nitrogens with zero attached hydrogens (tertiary/aromatic N) is 2. The van der Waals surface area contributed by atoms with Crippen LogP contribution in [0.2, 0.25) is 5.15 Å². The van der Waals surface area contributed by atoms with Crippen LogP contribution in [-0.2, 0) is 0 Å². The van der Waals surface area contributed by atoms with E-state index in [0.29, 0.717) is 16.5 Å². The molecule has 3 nitrogen and oxygen atoms in total. The van der Waals surface area contributed by atoms with Crippen molar-refractivity contribution in [3.63, 3.8) is 0 Å². The minimum atomic E-state index is 0.0960. The Morgan fingerprint density at radius 3 is 2.74 bits per heavy atom. The molecule has 0 spiro atoms. The van der Waals surface area contributed by atoms with E-state index in [1.165, 1.54) is 11.1 Å². The van der Waals surface area contributed by atoms with Crippen LogP contribution >= 0.6 is 11.6 Å². The van der Waals surface area contributed by atoms with E-state index in [1.54, 1.807) is 12.1 Å². The number of anilines is 1. The zero-order chi connectivity index (χ0) is 13.8. The zero-order valence-electron chi connectivity index (χ0n) is 10.8. The van der Waals surface area contributed by atoms with E-state index >= 15 is 0 Å². The van der Waals surface area contributed by atoms with Crippen molar-refractivity contribution in [3.8, 4) is 6.07 Å². The maximum atomic E-state index is 8.92. The lowest BCUT2D eigenvalue weighted by molar-refractivity contribution is 0.865. The molecule has 96 valence electrons. The fourth-order valence-electron chi connectivity index (χ4n) is 2.01. The first-order valence-electron chi connectivity index (χ1n) is 6.00. The van der Waals surface area contributed by atoms with Crippen molar-refractivity contribution in [2.45, 2.75) is 19.9 Å². The van der Waals surface area contributed by atoms with Gasteiger partial charge in [-0.2, -0.15) is 5.26 Å². The van der Waals surface area contributed by atoms with Crippen LogP contribution in [0.1, 0.15) is 29.7 Å². The molecule has 19 heavy (non-hydrogen) atoms. The van der Waals surface area contributed by atoms with Crippen molar-refractivity contribution in [1.29, 1.82) is 5.26 Å². The van der Waals surface area contributed by atoms with Gasteiger partial charge in [0.1, 0.15) is 11.0 Å². The van der Waals surface area contributed by atoms with Crippen LogP contribution in [0.4, 0.5) is 5.82 Å². The molecule has 0 saturated heterocycles. The summed E-state index contributed by atoms with van der Waals surface area (Å²) in [6.07, 6.45) is 0. The molecule has 1 aromatic carbocycles. The van der Waals surface area contributed by atoms with E-state index in [2.05, 4.69) is 42.4 Å². The number of rotatable bonds is 3. The first kappa shape index (κ1) is 13.4. The summed E-state index contributed by atoms with van der Waals surface area (Å²) in [6.45, 7) is 4.12. The lowest BCUT2D eigenvalue weighted by Crippen LogP contribution is -2.09. The molecule has 0 amide bonds. The van der Waals surface area contributed by atoms with Gasteiger partial charge in [-0.05, 0) is 37.1 Å². The molecule has 1 unspecified atom stereocenters. The molecule has 1 aromatic heterocycles. The zero-order valence-corrected chi connectivity index (χ0v) is 11.6. The summed E-state index contributed by atoms with van der Waals surface area (Å²) in [5.41, 5.74) is 2.91. The van der Waals surface area contributed by atoms with Crippen LogP contribution in [0.3, 0.4) is 0 Å². The van der Waals surface area contributed by atoms with Crippen molar-refractivity contribution in [1.82, 2.24) is 4.98 Å². The molecule has 0 aliphatic heterocycles. The van der Waals surface area contributed by atoms with Crippen molar-refractivity contribution in [2.24, 2.45) is 0 Å². The lowest BCUT2D eigenvalue weighted by atomic mass is 10.0. The predicted octanol–water partition coefficient (Wildman–Crippen LogP) is 4.09. The molecular formula is C15H14ClN3. The first-order chi connectivity index (χ1) is 9.10. The van der Waals surface area contributed by atoms with Crippen molar-refractivity contribution in [2.75, 3.05) is 5.32 Å². The Kier molecular flexibility index (Phi) is 4.03. The predicted molar refractivity (Wildman–Crippen MR) is 77.2 cm³/mol. The Hall–Kier alpha value is -2.05. The summed E-state index contributed by atoms with van der Waals surface area (Å²) in [7, 11) is 0. The van der Waals surface area contributed by atoms with Gasteiger partial charge in [-0.25, -0.2) is 4.98 Å². The van der Waals surface area contributed by atoms with E-state index in [-0.39, 0.29) is 6.04 Å². The minimum Gasteiger partial charge on any atom is -0.363 e. The number of pyridine rings is 1. The number of hydrogen-bond acceptors (Lipinski definition) is 3. The second kappa shape index (κ2) is 5.73. The van der Waals surface area contributed by atoms with Gasteiger partial charge in [-0.15, -0.1) is 0 Å². The number of benzene rings is 1. The van der Waals surface area contributed by atoms with Crippen LogP contribution in [0.15, 0.2) is 36.4 Å². The van der Waals surface area contributed by atoms with E-state index in [9.17, 15) is 0 Å². The molecule has 2 aromatic rings. The van der Waals surface area contributed by atoms with Gasteiger partial charge in [0.25, 0.3) is 0 Å². The van der Waals surface area contributed by atoms with Gasteiger partial charge in [0.15, 0.2) is 0 Å². The molecule has 1 N–H and O–H groups in total. The number of aryl methyl sites for hydroxylation is 1. The second-order valence-corrected chi connectivity index (χ2v) is 4.79. The highest BCUT2D eigenvalue weighted by Gasteiger charge is 2.09. The first-order valence-corrected chi connectivity index (χ1v) is 6.37. The van der Waals surface area contributed by atoms with Gasteiger partial charge in [0.2, 0.25) is 0 Å². The van der Waals surface area contributed by atoms with Gasteiger partial charge in [-0.3, -0.25) is 0 Å². The molecule has 0 saturated carbocycles. The highest BCUT2D eigenvalue weighted by atomic mass is 35.5. The number of nitrogens with one attached hydrogen (secondary N) is 1. The van der Waals surface area contributed by atoms with E-state index in [4.69, 9.17) is 16.9 Å². The van der Waals surface area contributed by atoms with Crippen LogP contribution in [0, 0.1) is 18.3 Å². The monoisotopic (exact) mass is 271 g/mol. The van der Waals surface area contributed by atoms with Crippen molar-refractivity contribution in [3.05, 3.63) is 58.2 Å². The van der Waals surface area contributed by atoms with Crippen molar-refractivity contribution < 1.29 is 0 Å². The van der Waals surface area contributed by atoms with Gasteiger partial charge >= 0.3 is 0 Å². The number of hydrogen-bond donors (Lipinski definition) is 1. The van der Waals surface area contributed by atoms with E-state index < -0.39 is 0 Å². The molecule has 1 heterocycles. The smallest absolute Gasteiger partial charge is 0.132 e. The Bertz CT molecular complexity index is 632. The summed E-state index contributed by atoms with van der Waals surface area (Å²) in [5.74, 6) is 0.611. The Balaban J connectivity index is 2.24. The molecule has 0 aliphatic carbocycles. The topological polar surface area (TPSA) is 48.7 Å². The Labute approximate surface area is 117 Å². The normalized spacial score (nSPS) is 11.7. The molecule has 0 aliphatic rings. The van der Waals surface area contributed by atoms with Crippen LogP contribution in [0.5, 0.6) is 0 Å². The molecule has 4 heteroatoms. The Morgan fingerprint density at radius 1 is 1.32 bits per heavy atom. The second-order valence-electron chi connectivity index (χ2n) is 4.40. The number of nitriles is 1. The number of halogens is 1. The molecule has 2 rings (SSSR count). The van der Waals surface area contributed by atoms with Gasteiger partial charge in [0.05, 0.1) is 17.7 Å². The van der Waals surface area contributed by atoms with Gasteiger partial charge in [-0.1, -0.05) is 35.9 Å². The largest absolute Gasteiger partial charge is 0.363 e. The molecular weight excluding hydrogens is 258 g/mol. The van der Waals surface area contributed by atoms with E-state index in [1.807, 2.05) is 12.1 Å². The van der Waals surface area contributed by atoms with Crippen molar-refractivity contribution >= 4 is 17.4 Å². The summed E-state index contributed by atoms with van der Waals surface area (Å²) in [5, 5.41) is 12.5. The Morgan fingerprint density at radius 2 is 2.05 bits per heavy atom. The fraction of sp³-hybridized carbons (Fsp3) is 0.200. The van der Waals surface area contributed by atoms with Crippen LogP contribution < -0.4 is 5.32 Å². The molecule has 0 bridgehead atoms. The molecule has 1 atom stereocenters. The van der Waals surface area contributed by atoms with E-state index in [0.717, 1.165) is 0 Å². The maximum Gasteiger partial charge on any atom is 0.132 e. The minimum absolute atomic E-state index is 0.0960. The third-order valence-corrected chi connectivity index (χ3v) is 3.14. The van der Waals surface area contributed by atoms with Crippen LogP contribution in [-0.4, -0.2) is 4.98 Å². The summed E-state index contributed by atoms with van der Waals surface area (Å²) in [6, 6.07) is 13.6. The third kappa shape index (κ3) is 3.24. The standard InChI is InChI=1S/C15H14ClN3/c1-10-5-3-4-6-13(10)11(2)18-15-8-12(9-17)7-14(16)19-15/h3-8,11H,1-2H3,(H,18,19). The average molecular weight is 272 g/mol. The fourth-order valence-corrected chi connectivity index (χ4v) is 2.22. The van der Waals surface area contributed by atoms with Gasteiger partial charge < -0.3 is 5.32 Å². The summed E-state index contributed by atoms with van der Waals surface area (Å²) < 4.78 is 0. The third-order valence-electron chi connectivity index (χ3n) is 2.94. The highest BCUT2D eigenvalue weighted by molar-refractivity contribution is 6.29. The average Bonchev–Trinajstić information content (AvgIpc) is 2.38. The summed E-state index contributed by atoms with van der Waals surface area (Å²) in [4.78, 5) is 4.18. The van der Waals surface area contributed by atoms with Crippen LogP contribution in [0.25, 0.3) is 0 Å². The molecule has 0 fully saturated rings. The maximum absolute atomic E-state index is 8.92. The quantitative estimate of drug-likeness (QED) is 0.856. The van der Waals surface area contributed by atoms with Gasteiger partial charge in [0, 0.05) is 0 Å². The molecule has 0 radical (unpaired) electrons. The number of aromatic nitrogens is 1. The highest BCUT2D eigenvalue weighted by Crippen LogP contribution is 2.22. The lowest BCUT2D eigenvalue weighted by Gasteiger charge is -2.17. The summed E-state index contributed by atoms with van der Waals surface area (Å²) >= 11 is 5.89.